The lowest BCUT2D eigenvalue weighted by Gasteiger charge is -2.06. The fourth-order valence-electron chi connectivity index (χ4n) is 2.10. The first-order valence-electron chi connectivity index (χ1n) is 6.11. The van der Waals surface area contributed by atoms with Crippen molar-refractivity contribution in [2.45, 2.75) is 0 Å². The number of aromatic nitrogens is 1. The summed E-state index contributed by atoms with van der Waals surface area (Å²) in [6, 6.07) is 14.6. The van der Waals surface area contributed by atoms with Gasteiger partial charge in [0.05, 0.1) is 11.1 Å². The number of ketones is 1. The van der Waals surface area contributed by atoms with Crippen LogP contribution < -0.4 is 5.73 Å². The number of hydrogen-bond donors (Lipinski definition) is 1. The zero-order valence-electron chi connectivity index (χ0n) is 10.5. The van der Waals surface area contributed by atoms with Crippen molar-refractivity contribution in [1.29, 1.82) is 0 Å². The molecule has 2 aromatic carbocycles. The number of anilines is 1. The van der Waals surface area contributed by atoms with E-state index < -0.39 is 11.6 Å². The highest BCUT2D eigenvalue weighted by molar-refractivity contribution is 6.10. The van der Waals surface area contributed by atoms with Crippen molar-refractivity contribution in [3.05, 3.63) is 71.7 Å². The number of pyridine rings is 1. The maximum atomic E-state index is 13.7. The Hall–Kier alpha value is -2.75. The average Bonchev–Trinajstić information content (AvgIpc) is 2.47. The normalized spacial score (nSPS) is 10.7. The molecule has 0 unspecified atom stereocenters. The van der Waals surface area contributed by atoms with Crippen LogP contribution in [0.4, 0.5) is 10.1 Å². The van der Waals surface area contributed by atoms with Gasteiger partial charge in [0.1, 0.15) is 11.5 Å². The summed E-state index contributed by atoms with van der Waals surface area (Å²) >= 11 is 0. The molecule has 0 spiro atoms. The molecule has 0 aliphatic carbocycles. The molecule has 0 amide bonds. The second kappa shape index (κ2) is 4.74. The van der Waals surface area contributed by atoms with Crippen molar-refractivity contribution in [1.82, 2.24) is 4.98 Å². The number of fused-ring (bicyclic) bond motifs is 1. The third-order valence-electron chi connectivity index (χ3n) is 3.10. The Labute approximate surface area is 114 Å². The van der Waals surface area contributed by atoms with Crippen LogP contribution in [0, 0.1) is 5.82 Å². The van der Waals surface area contributed by atoms with Crippen molar-refractivity contribution in [2.24, 2.45) is 0 Å². The van der Waals surface area contributed by atoms with Crippen LogP contribution in [0.25, 0.3) is 10.9 Å². The number of nitrogens with zero attached hydrogens (tertiary/aromatic N) is 1. The summed E-state index contributed by atoms with van der Waals surface area (Å²) in [5, 5.41) is 0.776. The minimum absolute atomic E-state index is 0.00492. The highest BCUT2D eigenvalue weighted by Gasteiger charge is 2.16. The van der Waals surface area contributed by atoms with Crippen molar-refractivity contribution >= 4 is 22.4 Å². The molecule has 3 nitrogen and oxygen atoms in total. The number of rotatable bonds is 2. The standard InChI is InChI=1S/C16H11FN2O/c17-12-7-3-1-5-10(12)16(20)15-9-13(18)11-6-2-4-8-14(11)19-15/h1-9H,(H2,18,19). The Bertz CT molecular complexity index is 814. The van der Waals surface area contributed by atoms with Crippen LogP contribution in [0.3, 0.4) is 0 Å². The largest absolute Gasteiger partial charge is 0.398 e. The van der Waals surface area contributed by atoms with E-state index >= 15 is 0 Å². The topological polar surface area (TPSA) is 56.0 Å². The Morgan fingerprint density at radius 3 is 2.55 bits per heavy atom. The summed E-state index contributed by atoms with van der Waals surface area (Å²) in [6.45, 7) is 0. The summed E-state index contributed by atoms with van der Waals surface area (Å²) in [7, 11) is 0. The Balaban J connectivity index is 2.16. The van der Waals surface area contributed by atoms with Gasteiger partial charge >= 0.3 is 0 Å². The van der Waals surface area contributed by atoms with Gasteiger partial charge < -0.3 is 5.73 Å². The maximum Gasteiger partial charge on any atom is 0.214 e. The lowest BCUT2D eigenvalue weighted by Crippen LogP contribution is -2.07. The van der Waals surface area contributed by atoms with Gasteiger partial charge in [-0.2, -0.15) is 0 Å². The Morgan fingerprint density at radius 1 is 1.05 bits per heavy atom. The smallest absolute Gasteiger partial charge is 0.214 e. The predicted molar refractivity (Wildman–Crippen MR) is 76.0 cm³/mol. The van der Waals surface area contributed by atoms with Gasteiger partial charge in [-0.3, -0.25) is 4.79 Å². The van der Waals surface area contributed by atoms with Gasteiger partial charge in [0, 0.05) is 11.1 Å². The highest BCUT2D eigenvalue weighted by Crippen LogP contribution is 2.22. The molecule has 3 aromatic rings. The lowest BCUT2D eigenvalue weighted by molar-refractivity contribution is 0.103. The molecule has 4 heteroatoms. The first kappa shape index (κ1) is 12.3. The fourth-order valence-corrected chi connectivity index (χ4v) is 2.10. The van der Waals surface area contributed by atoms with Crippen LogP contribution in [-0.4, -0.2) is 10.8 Å². The van der Waals surface area contributed by atoms with Crippen molar-refractivity contribution < 1.29 is 9.18 Å². The summed E-state index contributed by atoms with van der Waals surface area (Å²) in [6.07, 6.45) is 0. The zero-order chi connectivity index (χ0) is 14.1. The molecule has 98 valence electrons. The number of nitrogen functional groups attached to an aromatic ring is 1. The number of carbonyl (C=O) groups excluding carboxylic acids is 1. The van der Waals surface area contributed by atoms with E-state index in [4.69, 9.17) is 5.73 Å². The monoisotopic (exact) mass is 266 g/mol. The SMILES string of the molecule is Nc1cc(C(=O)c2ccccc2F)nc2ccccc12. The molecule has 0 atom stereocenters. The molecule has 3 rings (SSSR count). The number of benzene rings is 2. The van der Waals surface area contributed by atoms with Crippen molar-refractivity contribution in [2.75, 3.05) is 5.73 Å². The highest BCUT2D eigenvalue weighted by atomic mass is 19.1. The molecule has 0 radical (unpaired) electrons. The summed E-state index contributed by atoms with van der Waals surface area (Å²) in [5.41, 5.74) is 7.14. The van der Waals surface area contributed by atoms with E-state index in [1.807, 2.05) is 18.2 Å². The van der Waals surface area contributed by atoms with E-state index in [2.05, 4.69) is 4.98 Å². The number of halogens is 1. The number of hydrogen-bond acceptors (Lipinski definition) is 3. The van der Waals surface area contributed by atoms with Crippen LogP contribution in [0.5, 0.6) is 0 Å². The summed E-state index contributed by atoms with van der Waals surface area (Å²) in [4.78, 5) is 16.6. The average molecular weight is 266 g/mol. The van der Waals surface area contributed by atoms with Gasteiger partial charge in [0.2, 0.25) is 5.78 Å². The van der Waals surface area contributed by atoms with Crippen LogP contribution in [-0.2, 0) is 0 Å². The predicted octanol–water partition coefficient (Wildman–Crippen LogP) is 3.19. The van der Waals surface area contributed by atoms with Crippen LogP contribution in [0.15, 0.2) is 54.6 Å². The summed E-state index contributed by atoms with van der Waals surface area (Å²) < 4.78 is 13.7. The van der Waals surface area contributed by atoms with E-state index in [0.717, 1.165) is 5.39 Å². The molecule has 20 heavy (non-hydrogen) atoms. The first-order valence-corrected chi connectivity index (χ1v) is 6.11. The van der Waals surface area contributed by atoms with Crippen molar-refractivity contribution in [3.8, 4) is 0 Å². The maximum absolute atomic E-state index is 13.7. The molecule has 0 saturated heterocycles. The van der Waals surface area contributed by atoms with Crippen LogP contribution >= 0.6 is 0 Å². The Morgan fingerprint density at radius 2 is 1.75 bits per heavy atom. The van der Waals surface area contributed by atoms with Gasteiger partial charge in [-0.1, -0.05) is 30.3 Å². The molecule has 1 heterocycles. The zero-order valence-corrected chi connectivity index (χ0v) is 10.5. The van der Waals surface area contributed by atoms with Crippen molar-refractivity contribution in [3.63, 3.8) is 0 Å². The number of nitrogens with two attached hydrogens (primary N) is 1. The molecular formula is C16H11FN2O. The van der Waals surface area contributed by atoms with E-state index in [9.17, 15) is 9.18 Å². The Kier molecular flexibility index (Phi) is 2.91. The molecule has 2 N–H and O–H groups in total. The van der Waals surface area contributed by atoms with E-state index in [1.54, 1.807) is 12.1 Å². The lowest BCUT2D eigenvalue weighted by atomic mass is 10.1. The third kappa shape index (κ3) is 2.01. The van der Waals surface area contributed by atoms with Gasteiger partial charge in [0.25, 0.3) is 0 Å². The van der Waals surface area contributed by atoms with Gasteiger partial charge in [-0.25, -0.2) is 9.37 Å². The fraction of sp³-hybridized carbons (Fsp3) is 0. The third-order valence-corrected chi connectivity index (χ3v) is 3.10. The van der Waals surface area contributed by atoms with Crippen LogP contribution in [0.1, 0.15) is 16.1 Å². The number of carbonyl (C=O) groups is 1. The second-order valence-corrected chi connectivity index (χ2v) is 4.42. The second-order valence-electron chi connectivity index (χ2n) is 4.42. The van der Waals surface area contributed by atoms with Gasteiger partial charge in [-0.05, 0) is 24.3 Å². The minimum atomic E-state index is -0.564. The van der Waals surface area contributed by atoms with E-state index in [0.29, 0.717) is 11.2 Å². The van der Waals surface area contributed by atoms with E-state index in [1.165, 1.54) is 24.3 Å². The minimum Gasteiger partial charge on any atom is -0.398 e. The molecule has 0 bridgehead atoms. The van der Waals surface area contributed by atoms with Crippen LogP contribution in [0.2, 0.25) is 0 Å². The first-order chi connectivity index (χ1) is 9.66. The number of para-hydroxylation sites is 1. The van der Waals surface area contributed by atoms with Gasteiger partial charge in [0.15, 0.2) is 0 Å². The molecule has 0 saturated carbocycles. The van der Waals surface area contributed by atoms with E-state index in [-0.39, 0.29) is 11.3 Å². The molecule has 0 aliphatic heterocycles. The van der Waals surface area contributed by atoms with Gasteiger partial charge in [-0.15, -0.1) is 0 Å². The molecular weight excluding hydrogens is 255 g/mol. The quantitative estimate of drug-likeness (QED) is 0.725. The summed E-state index contributed by atoms with van der Waals surface area (Å²) in [5.74, 6) is -1.04. The molecule has 0 aliphatic rings. The molecule has 0 fully saturated rings. The molecule has 1 aromatic heterocycles.